The van der Waals surface area contributed by atoms with Gasteiger partial charge in [-0.25, -0.2) is 0 Å². The molecule has 0 spiro atoms. The van der Waals surface area contributed by atoms with Gasteiger partial charge in [-0.05, 0) is 47.7 Å². The molecule has 1 unspecified atom stereocenters. The summed E-state index contributed by atoms with van der Waals surface area (Å²) in [7, 11) is 0. The van der Waals surface area contributed by atoms with Crippen LogP contribution in [-0.2, 0) is 4.79 Å². The monoisotopic (exact) mass is 371 g/mol. The van der Waals surface area contributed by atoms with Gasteiger partial charge in [0.05, 0.1) is 6.10 Å². The van der Waals surface area contributed by atoms with Gasteiger partial charge in [-0.15, -0.1) is 0 Å². The zero-order valence-electron chi connectivity index (χ0n) is 15.6. The molecular formula is C21H25NO5. The minimum atomic E-state index is -0.690. The summed E-state index contributed by atoms with van der Waals surface area (Å²) >= 11 is 0. The van der Waals surface area contributed by atoms with E-state index in [2.05, 4.69) is 19.2 Å². The van der Waals surface area contributed by atoms with Crippen LogP contribution in [-0.4, -0.2) is 31.0 Å². The Morgan fingerprint density at radius 2 is 1.81 bits per heavy atom. The van der Waals surface area contributed by atoms with Gasteiger partial charge in [0.15, 0.2) is 18.1 Å². The van der Waals surface area contributed by atoms with Crippen molar-refractivity contribution in [3.8, 4) is 17.2 Å². The summed E-state index contributed by atoms with van der Waals surface area (Å²) < 4.78 is 16.0. The van der Waals surface area contributed by atoms with Crippen molar-refractivity contribution in [1.82, 2.24) is 5.32 Å². The number of nitrogens with one attached hydrogen (secondary N) is 1. The predicted octanol–water partition coefficient (Wildman–Crippen LogP) is 3.16. The third-order valence-corrected chi connectivity index (χ3v) is 4.44. The quantitative estimate of drug-likeness (QED) is 0.745. The van der Waals surface area contributed by atoms with Gasteiger partial charge in [0.2, 0.25) is 6.79 Å². The number of ether oxygens (including phenoxy) is 3. The Morgan fingerprint density at radius 1 is 1.11 bits per heavy atom. The summed E-state index contributed by atoms with van der Waals surface area (Å²) in [6.45, 7) is 4.75. The number of benzene rings is 2. The molecule has 6 heteroatoms. The minimum absolute atomic E-state index is 0.0544. The van der Waals surface area contributed by atoms with Crippen molar-refractivity contribution in [2.45, 2.75) is 32.3 Å². The van der Waals surface area contributed by atoms with E-state index in [0.29, 0.717) is 36.1 Å². The molecule has 27 heavy (non-hydrogen) atoms. The summed E-state index contributed by atoms with van der Waals surface area (Å²) in [5.41, 5.74) is 1.96. The molecule has 0 aliphatic carbocycles. The predicted molar refractivity (Wildman–Crippen MR) is 101 cm³/mol. The summed E-state index contributed by atoms with van der Waals surface area (Å²) in [6, 6.07) is 13.1. The lowest BCUT2D eigenvalue weighted by molar-refractivity contribution is -0.123. The number of fused-ring (bicyclic) bond motifs is 1. The van der Waals surface area contributed by atoms with Crippen LogP contribution in [0.25, 0.3) is 0 Å². The van der Waals surface area contributed by atoms with E-state index < -0.39 is 6.10 Å². The van der Waals surface area contributed by atoms with E-state index in [0.717, 1.165) is 5.56 Å². The van der Waals surface area contributed by atoms with E-state index in [1.807, 2.05) is 24.3 Å². The molecule has 2 aromatic rings. The zero-order valence-corrected chi connectivity index (χ0v) is 15.6. The summed E-state index contributed by atoms with van der Waals surface area (Å²) in [5, 5.41) is 13.0. The molecule has 6 nitrogen and oxygen atoms in total. The summed E-state index contributed by atoms with van der Waals surface area (Å²) in [4.78, 5) is 11.9. The van der Waals surface area contributed by atoms with Crippen molar-refractivity contribution in [1.29, 1.82) is 0 Å². The van der Waals surface area contributed by atoms with Crippen molar-refractivity contribution < 1.29 is 24.1 Å². The average molecular weight is 371 g/mol. The number of rotatable bonds is 8. The Morgan fingerprint density at radius 3 is 2.56 bits per heavy atom. The number of carbonyl (C=O) groups excluding carboxylic acids is 1. The molecular weight excluding hydrogens is 346 g/mol. The lowest BCUT2D eigenvalue weighted by Crippen LogP contribution is -2.30. The van der Waals surface area contributed by atoms with Gasteiger partial charge in [-0.2, -0.15) is 0 Å². The Labute approximate surface area is 159 Å². The maximum atomic E-state index is 11.9. The van der Waals surface area contributed by atoms with Crippen molar-refractivity contribution in [2.75, 3.05) is 19.9 Å². The highest BCUT2D eigenvalue weighted by Gasteiger charge is 2.16. The number of amides is 1. The van der Waals surface area contributed by atoms with Crippen LogP contribution in [0.3, 0.4) is 0 Å². The first-order valence-electron chi connectivity index (χ1n) is 9.10. The van der Waals surface area contributed by atoms with E-state index in [-0.39, 0.29) is 19.3 Å². The van der Waals surface area contributed by atoms with Crippen LogP contribution in [0.2, 0.25) is 0 Å². The molecule has 1 atom stereocenters. The molecule has 0 saturated carbocycles. The Kier molecular flexibility index (Phi) is 6.19. The second-order valence-corrected chi connectivity index (χ2v) is 6.78. The lowest BCUT2D eigenvalue weighted by atomic mass is 10.0. The van der Waals surface area contributed by atoms with Gasteiger partial charge in [0.1, 0.15) is 5.75 Å². The number of hydrogen-bond donors (Lipinski definition) is 2. The average Bonchev–Trinajstić information content (AvgIpc) is 3.14. The highest BCUT2D eigenvalue weighted by Crippen LogP contribution is 2.34. The zero-order chi connectivity index (χ0) is 19.2. The van der Waals surface area contributed by atoms with Crippen molar-refractivity contribution in [3.63, 3.8) is 0 Å². The highest BCUT2D eigenvalue weighted by molar-refractivity contribution is 5.77. The van der Waals surface area contributed by atoms with E-state index in [4.69, 9.17) is 14.2 Å². The van der Waals surface area contributed by atoms with E-state index in [1.165, 1.54) is 5.56 Å². The van der Waals surface area contributed by atoms with Gasteiger partial charge < -0.3 is 24.6 Å². The maximum Gasteiger partial charge on any atom is 0.257 e. The fraction of sp³-hybridized carbons (Fsp3) is 0.381. The first kappa shape index (κ1) is 19.0. The second kappa shape index (κ2) is 8.77. The molecule has 1 aliphatic rings. The van der Waals surface area contributed by atoms with Crippen LogP contribution >= 0.6 is 0 Å². The molecule has 0 bridgehead atoms. The fourth-order valence-corrected chi connectivity index (χ4v) is 2.78. The van der Waals surface area contributed by atoms with Gasteiger partial charge in [0.25, 0.3) is 5.91 Å². The van der Waals surface area contributed by atoms with Crippen LogP contribution in [0.1, 0.15) is 43.4 Å². The molecule has 2 N–H and O–H groups in total. The van der Waals surface area contributed by atoms with Crippen LogP contribution in [0.15, 0.2) is 42.5 Å². The van der Waals surface area contributed by atoms with Gasteiger partial charge in [-0.1, -0.05) is 32.0 Å². The molecule has 1 aliphatic heterocycles. The van der Waals surface area contributed by atoms with Crippen molar-refractivity contribution >= 4 is 5.91 Å². The fourth-order valence-electron chi connectivity index (χ4n) is 2.78. The van der Waals surface area contributed by atoms with Crippen LogP contribution < -0.4 is 19.5 Å². The molecule has 0 saturated heterocycles. The molecule has 0 aromatic heterocycles. The molecule has 144 valence electrons. The first-order valence-corrected chi connectivity index (χ1v) is 9.10. The van der Waals surface area contributed by atoms with E-state index in [1.54, 1.807) is 18.2 Å². The standard InChI is InChI=1S/C21H25NO5/c1-14(2)15-3-6-17(7-4-15)25-12-21(24)22-10-9-18(23)16-5-8-19-20(11-16)27-13-26-19/h3-8,11,14,18,23H,9-10,12-13H2,1-2H3,(H,22,24). The summed E-state index contributed by atoms with van der Waals surface area (Å²) in [6.07, 6.45) is -0.293. The molecule has 1 heterocycles. The third kappa shape index (κ3) is 5.14. The minimum Gasteiger partial charge on any atom is -0.484 e. The van der Waals surface area contributed by atoms with E-state index in [9.17, 15) is 9.90 Å². The molecule has 0 radical (unpaired) electrons. The van der Waals surface area contributed by atoms with Gasteiger partial charge in [0, 0.05) is 6.54 Å². The molecule has 2 aromatic carbocycles. The van der Waals surface area contributed by atoms with Crippen LogP contribution in [0, 0.1) is 0 Å². The SMILES string of the molecule is CC(C)c1ccc(OCC(=O)NCCC(O)c2ccc3c(c2)OCO3)cc1. The van der Waals surface area contributed by atoms with Crippen molar-refractivity contribution in [2.24, 2.45) is 0 Å². The Hall–Kier alpha value is -2.73. The molecule has 3 rings (SSSR count). The molecule has 1 amide bonds. The third-order valence-electron chi connectivity index (χ3n) is 4.44. The van der Waals surface area contributed by atoms with Gasteiger partial charge in [-0.3, -0.25) is 4.79 Å². The highest BCUT2D eigenvalue weighted by atomic mass is 16.7. The Balaban J connectivity index is 1.39. The Bertz CT molecular complexity index is 773. The van der Waals surface area contributed by atoms with Crippen molar-refractivity contribution in [3.05, 3.63) is 53.6 Å². The van der Waals surface area contributed by atoms with Crippen LogP contribution in [0.4, 0.5) is 0 Å². The number of hydrogen-bond acceptors (Lipinski definition) is 5. The second-order valence-electron chi connectivity index (χ2n) is 6.78. The lowest BCUT2D eigenvalue weighted by Gasteiger charge is -2.13. The number of aliphatic hydroxyl groups is 1. The largest absolute Gasteiger partial charge is 0.484 e. The van der Waals surface area contributed by atoms with Crippen LogP contribution in [0.5, 0.6) is 17.2 Å². The van der Waals surface area contributed by atoms with E-state index >= 15 is 0 Å². The molecule has 0 fully saturated rings. The topological polar surface area (TPSA) is 77.0 Å². The smallest absolute Gasteiger partial charge is 0.257 e. The number of aliphatic hydroxyl groups excluding tert-OH is 1. The number of carbonyl (C=O) groups is 1. The maximum absolute atomic E-state index is 11.9. The summed E-state index contributed by atoms with van der Waals surface area (Å²) in [5.74, 6) is 2.21. The normalized spacial score (nSPS) is 13.5. The first-order chi connectivity index (χ1) is 13.0. The van der Waals surface area contributed by atoms with Gasteiger partial charge >= 0.3 is 0 Å².